The van der Waals surface area contributed by atoms with Gasteiger partial charge in [-0.1, -0.05) is 237 Å². The summed E-state index contributed by atoms with van der Waals surface area (Å²) < 4.78 is 42.1. The van der Waals surface area contributed by atoms with Crippen molar-refractivity contribution in [3.8, 4) is 157 Å². The third kappa shape index (κ3) is 30.4. The summed E-state index contributed by atoms with van der Waals surface area (Å²) in [5.74, 6) is -0.470. The summed E-state index contributed by atoms with van der Waals surface area (Å²) in [6.07, 6.45) is 8.32. The summed E-state index contributed by atoms with van der Waals surface area (Å²) in [5.41, 5.74) is 32.4. The second-order valence-electron chi connectivity index (χ2n) is 32.6. The maximum atomic E-state index is 12.1. The predicted octanol–water partition coefficient (Wildman–Crippen LogP) is 27.4. The monoisotopic (exact) mass is 2670 g/mol. The standard InChI is InChI=1S/C23H19N2.2C21H15N2.C20H14N3.C11H10N2.C10H8N2.C9H4F3N3.C9H6N2.4Pt/c1-17-23(18(2)25(24-17)22-11-7-4-8-12-22)21-15-13-20(14-16-21)19-9-5-3-6-10-19;2*1-3-7-17(8-4-1)18-11-13-19(14-12-18)20-15-22-23(16-20)21-9-5-2-6-10-21;1-3-7-16(8-4-1)17-11-13-18(14-12-17)20-15-21-23(22-20)19-9-5-2-6-10-19;1-8-11(13-9(2)12-8)10-6-4-3-5-7-10;1-8-7-10(12-11-8)9-5-3-2-4-6-9;10-9(11,12)8-13-7(14-15-8)6-4-2-1-3-5-6;1-2-4-8(5-3-1)9-6-10-7-11-9;;;;/h3-11,13-16H,1-2H3;2*1-9,11-16H;1-9,11-15H;3-6H,1-2H3;2-5,7H,1H3;1-4H;1-4,6-7H;;;;/q4*-1;4*-2;;;;. The zero-order chi connectivity index (χ0) is 99.7. The van der Waals surface area contributed by atoms with E-state index in [4.69, 9.17) is 5.10 Å². The van der Waals surface area contributed by atoms with Crippen LogP contribution in [0.25, 0.3) is 157 Å². The summed E-state index contributed by atoms with van der Waals surface area (Å²) in [6.45, 7) is 9.98. The van der Waals surface area contributed by atoms with E-state index >= 15 is 0 Å². The van der Waals surface area contributed by atoms with Crippen LogP contribution in [0.4, 0.5) is 13.2 Å². The molecule has 0 aliphatic rings. The molecule has 16 aromatic carbocycles. The average Bonchev–Trinajstić information content (AvgIpc) is 1.64. The quantitative estimate of drug-likeness (QED) is 0.0826. The first kappa shape index (κ1) is 110. The number of benzene rings is 16. The maximum Gasteiger partial charge on any atom is 0.429 e. The molecule has 25 heteroatoms. The van der Waals surface area contributed by atoms with Gasteiger partial charge in [-0.05, 0) is 112 Å². The van der Waals surface area contributed by atoms with E-state index in [2.05, 4.69) is 310 Å². The van der Waals surface area contributed by atoms with Crippen LogP contribution >= 0.6 is 0 Å². The van der Waals surface area contributed by atoms with Crippen LogP contribution < -0.4 is 20.2 Å². The molecule has 8 aromatic heterocycles. The molecule has 0 bridgehead atoms. The molecule has 0 N–H and O–H groups in total. The normalized spacial score (nSPS) is 10.3. The van der Waals surface area contributed by atoms with Crippen molar-refractivity contribution < 1.29 is 97.4 Å². The molecule has 0 fully saturated rings. The molecule has 0 unspecified atom stereocenters. The first-order valence-electron chi connectivity index (χ1n) is 46.4. The molecule has 0 radical (unpaired) electrons. The largest absolute Gasteiger partial charge is 0.619 e. The minimum atomic E-state index is -4.56. The maximum absolute atomic E-state index is 12.1. The Bertz CT molecular complexity index is 7630. The van der Waals surface area contributed by atoms with Crippen molar-refractivity contribution in [2.75, 3.05) is 0 Å². The zero-order valence-corrected chi connectivity index (χ0v) is 89.9. The van der Waals surface area contributed by atoms with Gasteiger partial charge in [0.05, 0.1) is 24.3 Å². The number of rotatable bonds is 16. The first-order chi connectivity index (χ1) is 71.1. The fourth-order valence-corrected chi connectivity index (χ4v) is 15.3. The molecule has 24 rings (SSSR count). The Hall–Kier alpha value is -16.4. The molecule has 0 saturated carbocycles. The summed E-state index contributed by atoms with van der Waals surface area (Å²) >= 11 is 0. The van der Waals surface area contributed by atoms with Crippen molar-refractivity contribution in [2.45, 2.75) is 40.8 Å². The van der Waals surface area contributed by atoms with Gasteiger partial charge in [0, 0.05) is 130 Å². The SMILES string of the molecule is Cc1cc(-c2[c-]cccc2)[n-]n1.Cc1nc(C)c(-c2[c-]cccc2)[n-]1.Cc1nn(-c2[c-]cccc2)c(C)c1-c1ccc(-c2ccccc2)cc1.FC(F)(F)c1n[n-]c(-c2[c-]cccc2)n1.[Pt].[Pt].[Pt].[Pt].[c-]1ccccc1-c1cnc[n-]1.[c-]1ccccc1-n1cc(-c2ccc(-c3ccccc3)cc2)cn1.[c-]1ccccc1-n1cc(-c2ccc(-c3ccccc3)cc2)cn1.[c-]1ccccc1-n1ncc(-c2ccc(-c3ccccc3)cc2)n1. The number of alkyl halides is 3. The summed E-state index contributed by atoms with van der Waals surface area (Å²) in [4.78, 5) is 21.4. The van der Waals surface area contributed by atoms with Gasteiger partial charge in [-0.15, -0.1) is 192 Å². The number of hydrogen-bond acceptors (Lipinski definition) is 10. The van der Waals surface area contributed by atoms with Crippen molar-refractivity contribution in [3.05, 3.63) is 545 Å². The van der Waals surface area contributed by atoms with E-state index < -0.39 is 12.0 Å². The topological polar surface area (TPSA) is 205 Å². The van der Waals surface area contributed by atoms with Crippen molar-refractivity contribution in [3.63, 3.8) is 0 Å². The van der Waals surface area contributed by atoms with Crippen LogP contribution in [0.15, 0.2) is 462 Å². The number of nitrogens with zero attached hydrogens (tertiary/aromatic N) is 18. The number of aromatic nitrogens is 18. The molecule has 0 amide bonds. The van der Waals surface area contributed by atoms with Gasteiger partial charge in [-0.25, -0.2) is 5.69 Å². The van der Waals surface area contributed by atoms with Gasteiger partial charge in [-0.2, -0.15) is 152 Å². The molecule has 0 atom stereocenters. The molecule has 8 heterocycles. The third-order valence-electron chi connectivity index (χ3n) is 22.5. The van der Waals surface area contributed by atoms with Gasteiger partial charge in [-0.3, -0.25) is 19.1 Å². The minimum absolute atomic E-state index is 0. The number of imidazole rings is 2. The van der Waals surface area contributed by atoms with Crippen LogP contribution in [-0.2, 0) is 90.4 Å². The molecule has 18 nitrogen and oxygen atoms in total. The van der Waals surface area contributed by atoms with Gasteiger partial charge in [0.15, 0.2) is 0 Å². The fourth-order valence-electron chi connectivity index (χ4n) is 15.3. The van der Waals surface area contributed by atoms with Crippen LogP contribution in [0, 0.1) is 83.1 Å². The van der Waals surface area contributed by atoms with Crippen LogP contribution in [0.5, 0.6) is 0 Å². The van der Waals surface area contributed by atoms with E-state index in [1.165, 1.54) is 62.0 Å². The second-order valence-corrected chi connectivity index (χ2v) is 32.6. The molecule has 0 aliphatic heterocycles. The smallest absolute Gasteiger partial charge is 0.429 e. The Morgan fingerprint density at radius 1 is 0.302 bits per heavy atom. The van der Waals surface area contributed by atoms with Crippen molar-refractivity contribution in [1.82, 2.24) is 89.6 Å². The van der Waals surface area contributed by atoms with Gasteiger partial charge in [0.2, 0.25) is 0 Å². The Balaban J connectivity index is 0.000000144. The fraction of sp³-hybridized carbons (Fsp3) is 0.0484. The summed E-state index contributed by atoms with van der Waals surface area (Å²) in [5, 5.41) is 36.7. The van der Waals surface area contributed by atoms with Crippen molar-refractivity contribution in [1.29, 1.82) is 0 Å². The van der Waals surface area contributed by atoms with Crippen molar-refractivity contribution in [2.24, 2.45) is 0 Å². The van der Waals surface area contributed by atoms with E-state index in [1.807, 2.05) is 272 Å². The number of aryl methyl sites for hydroxylation is 4. The summed E-state index contributed by atoms with van der Waals surface area (Å²) in [7, 11) is 0. The number of halogens is 3. The van der Waals surface area contributed by atoms with Gasteiger partial charge < -0.3 is 40.2 Å². The van der Waals surface area contributed by atoms with E-state index in [0.29, 0.717) is 5.56 Å². The van der Waals surface area contributed by atoms with E-state index in [0.717, 1.165) is 119 Å². The molecule has 0 aliphatic carbocycles. The molecule has 750 valence electrons. The van der Waals surface area contributed by atoms with Crippen LogP contribution in [0.1, 0.15) is 34.4 Å². The number of hydrogen-bond donors (Lipinski definition) is 0. The third-order valence-corrected chi connectivity index (χ3v) is 22.5. The van der Waals surface area contributed by atoms with Gasteiger partial charge in [0.1, 0.15) is 11.5 Å². The molecule has 0 saturated heterocycles. The van der Waals surface area contributed by atoms with Gasteiger partial charge >= 0.3 is 6.18 Å². The predicted molar refractivity (Wildman–Crippen MR) is 565 cm³/mol. The second kappa shape index (κ2) is 55.2. The first-order valence-corrected chi connectivity index (χ1v) is 46.4. The Morgan fingerprint density at radius 2 is 0.671 bits per heavy atom. The van der Waals surface area contributed by atoms with E-state index in [-0.39, 0.29) is 90.1 Å². The molecular formula is C124H91F3N18Pt4-12. The zero-order valence-electron chi connectivity index (χ0n) is 80.8. The molecular weight excluding hydrogens is 2580 g/mol. The molecule has 24 aromatic rings. The van der Waals surface area contributed by atoms with E-state index in [1.54, 1.807) is 41.5 Å². The average molecular weight is 2670 g/mol. The van der Waals surface area contributed by atoms with Crippen molar-refractivity contribution >= 4 is 0 Å². The van der Waals surface area contributed by atoms with E-state index in [9.17, 15) is 13.2 Å². The van der Waals surface area contributed by atoms with Crippen LogP contribution in [0.2, 0.25) is 0 Å². The summed E-state index contributed by atoms with van der Waals surface area (Å²) in [6, 6.07) is 164. The Kier molecular flexibility index (Phi) is 40.7. The van der Waals surface area contributed by atoms with Crippen LogP contribution in [0.3, 0.4) is 0 Å². The minimum Gasteiger partial charge on any atom is -0.619 e. The van der Waals surface area contributed by atoms with Crippen LogP contribution in [-0.4, -0.2) is 69.5 Å². The number of para-hydroxylation sites is 4. The van der Waals surface area contributed by atoms with Gasteiger partial charge in [0.25, 0.3) is 0 Å². The molecule has 149 heavy (non-hydrogen) atoms. The molecule has 0 spiro atoms. The Morgan fingerprint density at radius 3 is 1.04 bits per heavy atom. The Labute approximate surface area is 922 Å².